The molecule has 110 valence electrons. The molecule has 0 radical (unpaired) electrons. The number of aliphatic hydroxyl groups is 1. The third-order valence-corrected chi connectivity index (χ3v) is 4.63. The summed E-state index contributed by atoms with van der Waals surface area (Å²) in [5.41, 5.74) is -0.908. The summed E-state index contributed by atoms with van der Waals surface area (Å²) in [5, 5.41) is 16.5. The van der Waals surface area contributed by atoms with Crippen molar-refractivity contribution in [1.82, 2.24) is 10.6 Å². The summed E-state index contributed by atoms with van der Waals surface area (Å²) in [6.07, 6.45) is 3.54. The second kappa shape index (κ2) is 6.20. The Balaban J connectivity index is 1.81. The van der Waals surface area contributed by atoms with E-state index in [1.54, 1.807) is 0 Å². The Bertz CT molecular complexity index is 324. The molecule has 2 saturated heterocycles. The molecule has 3 N–H and O–H groups in total. The van der Waals surface area contributed by atoms with Crippen LogP contribution in [0.15, 0.2) is 0 Å². The Labute approximate surface area is 115 Å². The number of nitrogens with one attached hydrogen (secondary N) is 2. The zero-order chi connectivity index (χ0) is 13.9. The molecule has 0 saturated carbocycles. The Kier molecular flexibility index (Phi) is 4.81. The summed E-state index contributed by atoms with van der Waals surface area (Å²) in [5.74, 6) is 0.638. The third-order valence-electron chi connectivity index (χ3n) is 4.63. The predicted molar refractivity (Wildman–Crippen MR) is 72.8 cm³/mol. The molecular formula is C14H26N2O3. The second-order valence-corrected chi connectivity index (χ2v) is 5.89. The van der Waals surface area contributed by atoms with Crippen LogP contribution in [0.4, 0.5) is 0 Å². The van der Waals surface area contributed by atoms with Gasteiger partial charge < -0.3 is 20.5 Å². The Morgan fingerprint density at radius 3 is 3.00 bits per heavy atom. The van der Waals surface area contributed by atoms with Crippen molar-refractivity contribution in [3.05, 3.63) is 0 Å². The topological polar surface area (TPSA) is 70.6 Å². The summed E-state index contributed by atoms with van der Waals surface area (Å²) in [4.78, 5) is 12.1. The fourth-order valence-corrected chi connectivity index (χ4v) is 2.93. The van der Waals surface area contributed by atoms with Gasteiger partial charge in [0.1, 0.15) is 5.60 Å². The van der Waals surface area contributed by atoms with E-state index < -0.39 is 5.60 Å². The van der Waals surface area contributed by atoms with Gasteiger partial charge in [-0.3, -0.25) is 4.79 Å². The van der Waals surface area contributed by atoms with Crippen LogP contribution in [-0.2, 0) is 9.53 Å². The van der Waals surface area contributed by atoms with Crippen molar-refractivity contribution in [3.8, 4) is 0 Å². The second-order valence-electron chi connectivity index (χ2n) is 5.89. The van der Waals surface area contributed by atoms with Gasteiger partial charge in [-0.2, -0.15) is 0 Å². The molecule has 1 amide bonds. The molecule has 5 heteroatoms. The number of hydrogen-bond acceptors (Lipinski definition) is 4. The van der Waals surface area contributed by atoms with E-state index in [9.17, 15) is 9.90 Å². The minimum Gasteiger partial charge on any atom is -0.385 e. The maximum absolute atomic E-state index is 12.1. The Hall–Kier alpha value is -0.650. The molecule has 4 unspecified atom stereocenters. The number of amides is 1. The van der Waals surface area contributed by atoms with E-state index in [1.165, 1.54) is 0 Å². The average Bonchev–Trinajstić information content (AvgIpc) is 2.76. The average molecular weight is 270 g/mol. The lowest BCUT2D eigenvalue weighted by molar-refractivity contribution is -0.125. The van der Waals surface area contributed by atoms with Crippen molar-refractivity contribution in [3.63, 3.8) is 0 Å². The summed E-state index contributed by atoms with van der Waals surface area (Å²) >= 11 is 0. The normalized spacial score (nSPS) is 39.2. The molecule has 0 aromatic rings. The van der Waals surface area contributed by atoms with Gasteiger partial charge in [0, 0.05) is 19.6 Å². The lowest BCUT2D eigenvalue weighted by Crippen LogP contribution is -2.53. The van der Waals surface area contributed by atoms with Crippen molar-refractivity contribution >= 4 is 5.91 Å². The number of carbonyl (C=O) groups excluding carboxylic acids is 1. The fraction of sp³-hybridized carbons (Fsp3) is 0.929. The highest BCUT2D eigenvalue weighted by atomic mass is 16.5. The number of rotatable bonds is 4. The molecule has 2 fully saturated rings. The number of piperidine rings is 1. The number of ether oxygens (including phenoxy) is 1. The Morgan fingerprint density at radius 2 is 2.37 bits per heavy atom. The van der Waals surface area contributed by atoms with Gasteiger partial charge in [0.05, 0.1) is 12.1 Å². The van der Waals surface area contributed by atoms with Crippen molar-refractivity contribution in [2.75, 3.05) is 19.7 Å². The van der Waals surface area contributed by atoms with Crippen molar-refractivity contribution in [2.24, 2.45) is 5.92 Å². The summed E-state index contributed by atoms with van der Waals surface area (Å²) in [6.45, 7) is 5.77. The van der Waals surface area contributed by atoms with Crippen LogP contribution in [0.1, 0.15) is 39.5 Å². The van der Waals surface area contributed by atoms with Crippen LogP contribution in [0.2, 0.25) is 0 Å². The minimum absolute atomic E-state index is 0.00525. The van der Waals surface area contributed by atoms with Gasteiger partial charge in [-0.05, 0) is 32.2 Å². The molecule has 0 aromatic carbocycles. The van der Waals surface area contributed by atoms with Crippen LogP contribution in [0, 0.1) is 5.92 Å². The van der Waals surface area contributed by atoms with Gasteiger partial charge in [-0.15, -0.1) is 0 Å². The van der Waals surface area contributed by atoms with E-state index in [2.05, 4.69) is 17.6 Å². The van der Waals surface area contributed by atoms with Crippen LogP contribution < -0.4 is 10.6 Å². The van der Waals surface area contributed by atoms with Gasteiger partial charge in [0.25, 0.3) is 0 Å². The third kappa shape index (κ3) is 3.46. The largest absolute Gasteiger partial charge is 0.385 e. The highest BCUT2D eigenvalue weighted by Gasteiger charge is 2.40. The highest BCUT2D eigenvalue weighted by Crippen LogP contribution is 2.25. The summed E-state index contributed by atoms with van der Waals surface area (Å²) in [6, 6.07) is -0.111. The van der Waals surface area contributed by atoms with Crippen molar-refractivity contribution in [2.45, 2.75) is 57.3 Å². The zero-order valence-electron chi connectivity index (χ0n) is 11.9. The first-order chi connectivity index (χ1) is 9.05. The van der Waals surface area contributed by atoms with E-state index in [0.717, 1.165) is 25.8 Å². The SMILES string of the molecule is CCC1CCNC(C(=O)NCC2(O)CCOC2C)C1. The van der Waals surface area contributed by atoms with Crippen LogP contribution in [0.25, 0.3) is 0 Å². The molecule has 2 heterocycles. The quantitative estimate of drug-likeness (QED) is 0.692. The molecule has 19 heavy (non-hydrogen) atoms. The van der Waals surface area contributed by atoms with Gasteiger partial charge in [-0.1, -0.05) is 13.3 Å². The van der Waals surface area contributed by atoms with Gasteiger partial charge >= 0.3 is 0 Å². The first-order valence-corrected chi connectivity index (χ1v) is 7.40. The van der Waals surface area contributed by atoms with Crippen LogP contribution in [-0.4, -0.2) is 48.5 Å². The first kappa shape index (κ1) is 14.8. The van der Waals surface area contributed by atoms with Gasteiger partial charge in [0.2, 0.25) is 5.91 Å². The maximum Gasteiger partial charge on any atom is 0.237 e. The van der Waals surface area contributed by atoms with Crippen LogP contribution in [0.3, 0.4) is 0 Å². The summed E-state index contributed by atoms with van der Waals surface area (Å²) in [7, 11) is 0. The lowest BCUT2D eigenvalue weighted by atomic mass is 9.90. The van der Waals surface area contributed by atoms with E-state index in [0.29, 0.717) is 18.9 Å². The monoisotopic (exact) mass is 270 g/mol. The van der Waals surface area contributed by atoms with Crippen LogP contribution >= 0.6 is 0 Å². The Morgan fingerprint density at radius 1 is 1.58 bits per heavy atom. The molecule has 0 bridgehead atoms. The van der Waals surface area contributed by atoms with E-state index in [4.69, 9.17) is 4.74 Å². The predicted octanol–water partition coefficient (Wildman–Crippen LogP) is 0.421. The smallest absolute Gasteiger partial charge is 0.237 e. The minimum atomic E-state index is -0.908. The fourth-order valence-electron chi connectivity index (χ4n) is 2.93. The van der Waals surface area contributed by atoms with Crippen LogP contribution in [0.5, 0.6) is 0 Å². The van der Waals surface area contributed by atoms with Gasteiger partial charge in [-0.25, -0.2) is 0 Å². The first-order valence-electron chi connectivity index (χ1n) is 7.40. The van der Waals surface area contributed by atoms with Crippen molar-refractivity contribution < 1.29 is 14.6 Å². The molecule has 2 rings (SSSR count). The molecule has 0 aliphatic carbocycles. The van der Waals surface area contributed by atoms with E-state index in [-0.39, 0.29) is 24.6 Å². The van der Waals surface area contributed by atoms with Crippen molar-refractivity contribution in [1.29, 1.82) is 0 Å². The van der Waals surface area contributed by atoms with E-state index >= 15 is 0 Å². The molecular weight excluding hydrogens is 244 g/mol. The number of hydrogen-bond donors (Lipinski definition) is 3. The molecule has 0 spiro atoms. The standard InChI is InChI=1S/C14H26N2O3/c1-3-11-4-6-15-12(8-11)13(17)16-9-14(18)5-7-19-10(14)2/h10-12,15,18H,3-9H2,1-2H3,(H,16,17). The molecule has 0 aromatic heterocycles. The summed E-state index contributed by atoms with van der Waals surface area (Å²) < 4.78 is 5.36. The molecule has 2 aliphatic rings. The maximum atomic E-state index is 12.1. The molecule has 5 nitrogen and oxygen atoms in total. The van der Waals surface area contributed by atoms with Gasteiger partial charge in [0.15, 0.2) is 0 Å². The molecule has 4 atom stereocenters. The van der Waals surface area contributed by atoms with E-state index in [1.807, 2.05) is 6.92 Å². The zero-order valence-corrected chi connectivity index (χ0v) is 11.9. The number of carbonyl (C=O) groups is 1. The molecule has 2 aliphatic heterocycles. The highest BCUT2D eigenvalue weighted by molar-refractivity contribution is 5.81. The lowest BCUT2D eigenvalue weighted by Gasteiger charge is -2.31.